The van der Waals surface area contributed by atoms with E-state index in [9.17, 15) is 4.79 Å². The number of unbranched alkanes of at least 4 members (excludes halogenated alkanes) is 2. The first kappa shape index (κ1) is 30.5. The molecule has 2 aromatic heterocycles. The second kappa shape index (κ2) is 14.4. The van der Waals surface area contributed by atoms with Crippen LogP contribution in [0.15, 0.2) is 48.7 Å². The SMILES string of the molecule is COc1ccc2nc3c(c(NCCCCCNC(=O)[C@@H](N)Cc4c[nH]c5ccccc45)c2c1)CCCC3.Cl.Cl. The van der Waals surface area contributed by atoms with Crippen LogP contribution < -0.4 is 21.1 Å². The monoisotopic (exact) mass is 571 g/mol. The van der Waals surface area contributed by atoms with Crippen LogP contribution in [0.1, 0.15) is 48.9 Å². The Labute approximate surface area is 242 Å². The van der Waals surface area contributed by atoms with E-state index in [1.54, 1.807) is 7.11 Å². The molecule has 1 atom stereocenters. The summed E-state index contributed by atoms with van der Waals surface area (Å²) in [6.45, 7) is 1.53. The highest BCUT2D eigenvalue weighted by Gasteiger charge is 2.19. The third-order valence-corrected chi connectivity index (χ3v) is 7.38. The number of benzene rings is 2. The molecule has 4 aromatic rings. The lowest BCUT2D eigenvalue weighted by molar-refractivity contribution is -0.122. The molecule has 0 fully saturated rings. The summed E-state index contributed by atoms with van der Waals surface area (Å²) in [6, 6.07) is 13.7. The average molecular weight is 573 g/mol. The fourth-order valence-electron chi connectivity index (χ4n) is 5.34. The number of rotatable bonds is 11. The number of ether oxygens (including phenoxy) is 1. The lowest BCUT2D eigenvalue weighted by atomic mass is 9.92. The van der Waals surface area contributed by atoms with E-state index in [0.29, 0.717) is 13.0 Å². The van der Waals surface area contributed by atoms with Crippen LogP contribution in [-0.2, 0) is 24.1 Å². The molecular weight excluding hydrogens is 533 g/mol. The van der Waals surface area contributed by atoms with Crippen LogP contribution in [0, 0.1) is 0 Å². The molecule has 2 aromatic carbocycles. The van der Waals surface area contributed by atoms with E-state index in [0.717, 1.165) is 71.8 Å². The van der Waals surface area contributed by atoms with Gasteiger partial charge in [-0.2, -0.15) is 0 Å². The first-order chi connectivity index (χ1) is 18.1. The first-order valence-corrected chi connectivity index (χ1v) is 13.5. The van der Waals surface area contributed by atoms with Crippen LogP contribution in [0.25, 0.3) is 21.8 Å². The van der Waals surface area contributed by atoms with E-state index >= 15 is 0 Å². The van der Waals surface area contributed by atoms with Gasteiger partial charge in [0.05, 0.1) is 18.7 Å². The van der Waals surface area contributed by atoms with Gasteiger partial charge in [-0.25, -0.2) is 0 Å². The molecule has 0 spiro atoms. The molecule has 9 heteroatoms. The first-order valence-electron chi connectivity index (χ1n) is 13.5. The zero-order chi connectivity index (χ0) is 25.6. The smallest absolute Gasteiger partial charge is 0.237 e. The van der Waals surface area contributed by atoms with Crippen LogP contribution >= 0.6 is 24.8 Å². The lowest BCUT2D eigenvalue weighted by Gasteiger charge is -2.22. The molecule has 0 unspecified atom stereocenters. The Hall–Kier alpha value is -3.00. The van der Waals surface area contributed by atoms with Crippen molar-refractivity contribution < 1.29 is 9.53 Å². The highest BCUT2D eigenvalue weighted by atomic mass is 35.5. The molecule has 210 valence electrons. The molecule has 39 heavy (non-hydrogen) atoms. The molecular formula is C30H39Cl2N5O2. The van der Waals surface area contributed by atoms with E-state index in [-0.39, 0.29) is 30.7 Å². The van der Waals surface area contributed by atoms with Gasteiger partial charge in [0, 0.05) is 47.0 Å². The largest absolute Gasteiger partial charge is 0.497 e. The van der Waals surface area contributed by atoms with Crippen LogP contribution in [0.4, 0.5) is 5.69 Å². The van der Waals surface area contributed by atoms with Crippen molar-refractivity contribution in [1.29, 1.82) is 0 Å². The number of aromatic nitrogens is 2. The fourth-order valence-corrected chi connectivity index (χ4v) is 5.34. The maximum absolute atomic E-state index is 12.5. The summed E-state index contributed by atoms with van der Waals surface area (Å²) in [7, 11) is 1.70. The number of aryl methyl sites for hydroxylation is 1. The zero-order valence-electron chi connectivity index (χ0n) is 22.4. The molecule has 1 aliphatic rings. The van der Waals surface area contributed by atoms with Crippen LogP contribution in [-0.4, -0.2) is 42.1 Å². The third-order valence-electron chi connectivity index (χ3n) is 7.38. The van der Waals surface area contributed by atoms with Crippen molar-refractivity contribution in [1.82, 2.24) is 15.3 Å². The van der Waals surface area contributed by atoms with Gasteiger partial charge in [0.25, 0.3) is 0 Å². The molecule has 5 rings (SSSR count). The van der Waals surface area contributed by atoms with Gasteiger partial charge in [0.15, 0.2) is 0 Å². The second-order valence-corrected chi connectivity index (χ2v) is 9.95. The fraction of sp³-hybridized carbons (Fsp3) is 0.400. The van der Waals surface area contributed by atoms with E-state index < -0.39 is 6.04 Å². The molecule has 0 bridgehead atoms. The van der Waals surface area contributed by atoms with E-state index in [2.05, 4.69) is 33.8 Å². The normalized spacial score (nSPS) is 13.2. The zero-order valence-corrected chi connectivity index (χ0v) is 24.1. The number of aromatic amines is 1. The summed E-state index contributed by atoms with van der Waals surface area (Å²) in [5.41, 5.74) is 13.2. The molecule has 5 N–H and O–H groups in total. The Balaban J connectivity index is 0.00000210. The van der Waals surface area contributed by atoms with Gasteiger partial charge in [-0.05, 0) is 86.8 Å². The van der Waals surface area contributed by atoms with Crippen molar-refractivity contribution in [3.63, 3.8) is 0 Å². The number of hydrogen-bond donors (Lipinski definition) is 4. The molecule has 2 heterocycles. The maximum Gasteiger partial charge on any atom is 0.237 e. The number of amides is 1. The number of nitrogens with one attached hydrogen (secondary N) is 3. The molecule has 0 radical (unpaired) electrons. The number of pyridine rings is 1. The van der Waals surface area contributed by atoms with Gasteiger partial charge in [-0.3, -0.25) is 9.78 Å². The number of methoxy groups -OCH3 is 1. The molecule has 7 nitrogen and oxygen atoms in total. The Bertz CT molecular complexity index is 1390. The summed E-state index contributed by atoms with van der Waals surface area (Å²) in [6.07, 6.45) is 9.99. The van der Waals surface area contributed by atoms with Crippen molar-refractivity contribution in [2.24, 2.45) is 5.73 Å². The summed E-state index contributed by atoms with van der Waals surface area (Å²) in [5, 5.41) is 8.99. The standard InChI is InChI=1S/C30H37N5O2.2ClH/c1-37-21-13-14-28-24(18-21)29(23-10-4-6-12-27(23)35-28)32-15-7-2-8-16-33-30(36)25(31)17-20-19-34-26-11-5-3-9-22(20)26;;/h3,5,9,11,13-14,18-19,25,34H,2,4,6-8,10,12,15-17,31H2,1H3,(H,32,35)(H,33,36);2*1H/t25-;;/m0../s1. The number of halogens is 2. The number of carbonyl (C=O) groups is 1. The van der Waals surface area contributed by atoms with Gasteiger partial charge in [-0.15, -0.1) is 24.8 Å². The number of hydrogen-bond acceptors (Lipinski definition) is 5. The highest BCUT2D eigenvalue weighted by molar-refractivity contribution is 5.94. The minimum absolute atomic E-state index is 0. The van der Waals surface area contributed by atoms with E-state index in [1.165, 1.54) is 29.8 Å². The Morgan fingerprint density at radius 2 is 1.85 bits per heavy atom. The molecule has 1 amide bonds. The molecule has 1 aliphatic carbocycles. The summed E-state index contributed by atoms with van der Waals surface area (Å²) < 4.78 is 5.47. The average Bonchev–Trinajstić information content (AvgIpc) is 3.34. The molecule has 0 saturated heterocycles. The predicted octanol–water partition coefficient (Wildman–Crippen LogP) is 5.72. The van der Waals surface area contributed by atoms with Gasteiger partial charge < -0.3 is 26.1 Å². The van der Waals surface area contributed by atoms with Crippen molar-refractivity contribution >= 4 is 58.2 Å². The number of fused-ring (bicyclic) bond motifs is 3. The summed E-state index contributed by atoms with van der Waals surface area (Å²) in [4.78, 5) is 20.7. The van der Waals surface area contributed by atoms with Crippen LogP contribution in [0.2, 0.25) is 0 Å². The van der Waals surface area contributed by atoms with Crippen LogP contribution in [0.3, 0.4) is 0 Å². The topological polar surface area (TPSA) is 105 Å². The Kier molecular flexibility index (Phi) is 11.3. The van der Waals surface area contributed by atoms with E-state index in [4.69, 9.17) is 15.5 Å². The summed E-state index contributed by atoms with van der Waals surface area (Å²) >= 11 is 0. The number of carbonyl (C=O) groups excluding carboxylic acids is 1. The lowest BCUT2D eigenvalue weighted by Crippen LogP contribution is -2.42. The van der Waals surface area contributed by atoms with Crippen molar-refractivity contribution in [3.05, 3.63) is 65.5 Å². The molecule has 0 saturated carbocycles. The van der Waals surface area contributed by atoms with Gasteiger partial charge >= 0.3 is 0 Å². The quantitative estimate of drug-likeness (QED) is 0.172. The summed E-state index contributed by atoms with van der Waals surface area (Å²) in [5.74, 6) is 0.763. The van der Waals surface area contributed by atoms with Crippen molar-refractivity contribution in [2.75, 3.05) is 25.5 Å². The third kappa shape index (κ3) is 7.15. The Morgan fingerprint density at radius 3 is 2.69 bits per heavy atom. The Morgan fingerprint density at radius 1 is 1.05 bits per heavy atom. The number of para-hydroxylation sites is 1. The van der Waals surface area contributed by atoms with Gasteiger partial charge in [-0.1, -0.05) is 18.2 Å². The maximum atomic E-state index is 12.5. The number of nitrogens with zero attached hydrogens (tertiary/aromatic N) is 1. The predicted molar refractivity (Wildman–Crippen MR) is 165 cm³/mol. The van der Waals surface area contributed by atoms with Crippen LogP contribution in [0.5, 0.6) is 5.75 Å². The van der Waals surface area contributed by atoms with Gasteiger partial charge in [0.2, 0.25) is 5.91 Å². The number of anilines is 1. The minimum Gasteiger partial charge on any atom is -0.497 e. The highest BCUT2D eigenvalue weighted by Crippen LogP contribution is 2.35. The van der Waals surface area contributed by atoms with E-state index in [1.807, 2.05) is 30.5 Å². The van der Waals surface area contributed by atoms with Gasteiger partial charge in [0.1, 0.15) is 5.75 Å². The number of H-pyrrole nitrogens is 1. The molecule has 0 aliphatic heterocycles. The minimum atomic E-state index is -0.552. The van der Waals surface area contributed by atoms with Crippen molar-refractivity contribution in [2.45, 2.75) is 57.4 Å². The number of nitrogens with two attached hydrogens (primary N) is 1. The second-order valence-electron chi connectivity index (χ2n) is 9.95. The van der Waals surface area contributed by atoms with Crippen molar-refractivity contribution in [3.8, 4) is 5.75 Å².